The lowest BCUT2D eigenvalue weighted by Crippen LogP contribution is -2.38. The van der Waals surface area contributed by atoms with Crippen molar-refractivity contribution in [2.45, 2.75) is 38.5 Å². The van der Waals surface area contributed by atoms with Crippen LogP contribution in [0.4, 0.5) is 17.1 Å². The van der Waals surface area contributed by atoms with Crippen molar-refractivity contribution >= 4 is 60.4 Å². The Balaban J connectivity index is 1.05. The van der Waals surface area contributed by atoms with Crippen LogP contribution in [0.15, 0.2) is 231 Å². The molecule has 11 aromatic carbocycles. The second-order valence-electron chi connectivity index (χ2n) is 20.2. The molecule has 2 aliphatic rings. The molecular weight excluding hydrogens is 845 g/mol. The number of benzene rings is 11. The van der Waals surface area contributed by atoms with Crippen molar-refractivity contribution in [2.75, 3.05) is 4.90 Å². The molecule has 0 bridgehead atoms. The molecule has 0 atom stereocenters. The Morgan fingerprint density at radius 1 is 0.371 bits per heavy atom. The van der Waals surface area contributed by atoms with Gasteiger partial charge >= 0.3 is 0 Å². The molecule has 0 amide bonds. The molecule has 0 saturated carbocycles. The maximum atomic E-state index is 2.52. The molecule has 14 rings (SSSR count). The van der Waals surface area contributed by atoms with E-state index in [1.54, 1.807) is 0 Å². The molecule has 1 aliphatic carbocycles. The van der Waals surface area contributed by atoms with Gasteiger partial charge in [0.2, 0.25) is 0 Å². The first-order chi connectivity index (χ1) is 34.3. The van der Waals surface area contributed by atoms with Crippen molar-refractivity contribution < 1.29 is 0 Å². The third-order valence-electron chi connectivity index (χ3n) is 16.0. The lowest BCUT2D eigenvalue weighted by atomic mass is 9.61. The van der Waals surface area contributed by atoms with Gasteiger partial charge in [-0.2, -0.15) is 0 Å². The quantitative estimate of drug-likeness (QED) is 0.167. The van der Waals surface area contributed by atoms with Gasteiger partial charge in [0.1, 0.15) is 0 Å². The first-order valence-corrected chi connectivity index (χ1v) is 24.7. The average Bonchev–Trinajstić information content (AvgIpc) is 3.86. The smallest absolute Gasteiger partial charge is 0.0742 e. The molecule has 0 N–H and O–H groups in total. The molecular formula is C68H50N2. The Hall–Kier alpha value is -8.46. The third kappa shape index (κ3) is 5.62. The zero-order chi connectivity index (χ0) is 46.9. The lowest BCUT2D eigenvalue weighted by molar-refractivity contribution is 0.661. The molecule has 0 radical (unpaired) electrons. The molecule has 1 aliphatic heterocycles. The van der Waals surface area contributed by atoms with Crippen LogP contribution in [-0.4, -0.2) is 4.57 Å². The third-order valence-corrected chi connectivity index (χ3v) is 16.0. The fourth-order valence-electron chi connectivity index (χ4n) is 12.7. The maximum absolute atomic E-state index is 2.52. The van der Waals surface area contributed by atoms with E-state index in [1.165, 1.54) is 127 Å². The van der Waals surface area contributed by atoms with Crippen molar-refractivity contribution in [2.24, 2.45) is 0 Å². The number of aryl methyl sites for hydroxylation is 2. The largest absolute Gasteiger partial charge is 0.309 e. The first-order valence-electron chi connectivity index (χ1n) is 24.7. The molecule has 332 valence electrons. The predicted molar refractivity (Wildman–Crippen MR) is 295 cm³/mol. The van der Waals surface area contributed by atoms with E-state index in [-0.39, 0.29) is 5.41 Å². The highest BCUT2D eigenvalue weighted by molar-refractivity contribution is 6.13. The molecule has 2 nitrogen and oxygen atoms in total. The second kappa shape index (κ2) is 15.0. The zero-order valence-corrected chi connectivity index (χ0v) is 39.8. The van der Waals surface area contributed by atoms with Crippen LogP contribution >= 0.6 is 0 Å². The molecule has 2 heterocycles. The van der Waals surface area contributed by atoms with E-state index in [0.29, 0.717) is 0 Å². The summed E-state index contributed by atoms with van der Waals surface area (Å²) in [5, 5.41) is 7.49. The van der Waals surface area contributed by atoms with Crippen molar-refractivity contribution in [3.05, 3.63) is 275 Å². The fraction of sp³-hybridized carbons (Fsp3) is 0.0882. The van der Waals surface area contributed by atoms with Gasteiger partial charge in [-0.25, -0.2) is 0 Å². The average molecular weight is 895 g/mol. The number of anilines is 3. The highest BCUT2D eigenvalue weighted by Gasteiger charge is 2.47. The minimum atomic E-state index is -0.660. The number of hydrogen-bond donors (Lipinski definition) is 0. The highest BCUT2D eigenvalue weighted by Crippen LogP contribution is 2.60. The van der Waals surface area contributed by atoms with Gasteiger partial charge in [-0.3, -0.25) is 0 Å². The molecule has 0 fully saturated rings. The number of hydrogen-bond acceptors (Lipinski definition) is 1. The number of para-hydroxylation sites is 2. The summed E-state index contributed by atoms with van der Waals surface area (Å²) in [6, 6.07) is 87.2. The molecule has 0 spiro atoms. The minimum Gasteiger partial charge on any atom is -0.309 e. The van der Waals surface area contributed by atoms with Gasteiger partial charge in [0.15, 0.2) is 0 Å². The first kappa shape index (κ1) is 40.6. The number of nitrogens with zero attached hydrogens (tertiary/aromatic N) is 2. The molecule has 2 heteroatoms. The summed E-state index contributed by atoms with van der Waals surface area (Å²) in [6.45, 7) is 9.11. The molecule has 12 aromatic rings. The summed E-state index contributed by atoms with van der Waals surface area (Å²) in [6.07, 6.45) is 0. The van der Waals surface area contributed by atoms with Crippen LogP contribution in [0.25, 0.3) is 71.3 Å². The summed E-state index contributed by atoms with van der Waals surface area (Å²) < 4.78 is 2.52. The van der Waals surface area contributed by atoms with Crippen molar-refractivity contribution in [1.82, 2.24) is 4.57 Å². The van der Waals surface area contributed by atoms with Gasteiger partial charge in [-0.15, -0.1) is 0 Å². The van der Waals surface area contributed by atoms with E-state index in [0.717, 1.165) is 5.69 Å². The topological polar surface area (TPSA) is 8.17 Å². The van der Waals surface area contributed by atoms with Crippen LogP contribution in [0.3, 0.4) is 0 Å². The van der Waals surface area contributed by atoms with Gasteiger partial charge in [-0.1, -0.05) is 213 Å². The number of aromatic nitrogens is 1. The zero-order valence-electron chi connectivity index (χ0n) is 39.8. The van der Waals surface area contributed by atoms with Crippen LogP contribution in [0, 0.1) is 13.8 Å². The van der Waals surface area contributed by atoms with Crippen LogP contribution in [-0.2, 0) is 10.8 Å². The summed E-state index contributed by atoms with van der Waals surface area (Å²) in [5.41, 5.74) is 21.7. The van der Waals surface area contributed by atoms with Crippen LogP contribution in [0.1, 0.15) is 58.4 Å². The minimum absolute atomic E-state index is 0.0722. The van der Waals surface area contributed by atoms with Crippen molar-refractivity contribution in [3.63, 3.8) is 0 Å². The van der Waals surface area contributed by atoms with Gasteiger partial charge in [0, 0.05) is 32.6 Å². The Kier molecular flexibility index (Phi) is 8.71. The van der Waals surface area contributed by atoms with Crippen LogP contribution < -0.4 is 4.90 Å². The highest BCUT2D eigenvalue weighted by atomic mass is 15.2. The van der Waals surface area contributed by atoms with Crippen LogP contribution in [0.2, 0.25) is 0 Å². The van der Waals surface area contributed by atoms with Gasteiger partial charge in [0.05, 0.1) is 33.5 Å². The SMILES string of the molecule is Cc1ccc(C2(c3ccc(C)cc3)c3cc(-c4ccc5c6ccccc6n(-c6cccc7c8c(ccc67)C(C)(C)c6ccccc6-8)c5c4)ccc3N(c3ccccc3)c3c2ccc2ccccc32)cc1. The monoisotopic (exact) mass is 894 g/mol. The van der Waals surface area contributed by atoms with E-state index in [1.807, 2.05) is 0 Å². The fourth-order valence-corrected chi connectivity index (χ4v) is 12.7. The van der Waals surface area contributed by atoms with Gasteiger partial charge < -0.3 is 9.47 Å². The van der Waals surface area contributed by atoms with E-state index < -0.39 is 5.41 Å². The Labute approximate surface area is 409 Å². The lowest BCUT2D eigenvalue weighted by Gasteiger charge is -2.47. The summed E-state index contributed by atoms with van der Waals surface area (Å²) in [5.74, 6) is 0. The maximum Gasteiger partial charge on any atom is 0.0742 e. The van der Waals surface area contributed by atoms with Crippen LogP contribution in [0.5, 0.6) is 0 Å². The standard InChI is InChI=1S/C68H50N2/c1-43-25-32-48(33-26-43)68(49-34-27-44(2)28-35-49)59-38-30-45-15-8-9-18-51(45)66(59)69(50-16-6-5-7-17-50)63-40-31-46(41-60(63)68)47-29-36-53-52-19-11-13-23-61(52)70(64(53)42-47)62-24-14-21-55-54(62)37-39-58-65(55)56-20-10-12-22-57(56)67(58,3)4/h5-42H,1-4H3. The number of fused-ring (bicyclic) bond motifs is 12. The van der Waals surface area contributed by atoms with E-state index in [4.69, 9.17) is 0 Å². The molecule has 0 saturated heterocycles. The predicted octanol–water partition coefficient (Wildman–Crippen LogP) is 17.8. The van der Waals surface area contributed by atoms with Gasteiger partial charge in [0.25, 0.3) is 0 Å². The normalized spacial score (nSPS) is 14.2. The summed E-state index contributed by atoms with van der Waals surface area (Å²) in [7, 11) is 0. The van der Waals surface area contributed by atoms with Crippen molar-refractivity contribution in [3.8, 4) is 27.9 Å². The molecule has 1 aromatic heterocycles. The summed E-state index contributed by atoms with van der Waals surface area (Å²) >= 11 is 0. The van der Waals surface area contributed by atoms with Crippen molar-refractivity contribution in [1.29, 1.82) is 0 Å². The Morgan fingerprint density at radius 3 is 1.77 bits per heavy atom. The van der Waals surface area contributed by atoms with E-state index >= 15 is 0 Å². The molecule has 0 unspecified atom stereocenters. The molecule has 70 heavy (non-hydrogen) atoms. The Bertz CT molecular complexity index is 4050. The van der Waals surface area contributed by atoms with E-state index in [9.17, 15) is 0 Å². The summed E-state index contributed by atoms with van der Waals surface area (Å²) in [4.78, 5) is 2.52. The van der Waals surface area contributed by atoms with Gasteiger partial charge in [-0.05, 0) is 123 Å². The Morgan fingerprint density at radius 2 is 0.986 bits per heavy atom. The van der Waals surface area contributed by atoms with E-state index in [2.05, 4.69) is 268 Å². The second-order valence-corrected chi connectivity index (χ2v) is 20.2. The number of rotatable bonds is 5.